The second-order valence-corrected chi connectivity index (χ2v) is 5.38. The van der Waals surface area contributed by atoms with Crippen LogP contribution < -0.4 is 15.4 Å². The van der Waals surface area contributed by atoms with Gasteiger partial charge in [-0.1, -0.05) is 17.9 Å². The van der Waals surface area contributed by atoms with Gasteiger partial charge in [-0.2, -0.15) is 0 Å². The van der Waals surface area contributed by atoms with Crippen LogP contribution in [0.15, 0.2) is 36.5 Å². The number of rotatable bonds is 4. The molecule has 0 aliphatic carbocycles. The summed E-state index contributed by atoms with van der Waals surface area (Å²) < 4.78 is 5.55. The molecule has 0 bridgehead atoms. The highest BCUT2D eigenvalue weighted by molar-refractivity contribution is 5.90. The average molecular weight is 323 g/mol. The summed E-state index contributed by atoms with van der Waals surface area (Å²) in [5, 5.41) is 6.34. The predicted molar refractivity (Wildman–Crippen MR) is 89.2 cm³/mol. The van der Waals surface area contributed by atoms with Gasteiger partial charge in [0, 0.05) is 24.1 Å². The predicted octanol–water partition coefficient (Wildman–Crippen LogP) is 1.01. The van der Waals surface area contributed by atoms with Crippen molar-refractivity contribution in [3.8, 4) is 17.6 Å². The van der Waals surface area contributed by atoms with Gasteiger partial charge in [-0.25, -0.2) is 0 Å². The van der Waals surface area contributed by atoms with E-state index in [9.17, 15) is 9.59 Å². The van der Waals surface area contributed by atoms with Crippen molar-refractivity contribution in [3.63, 3.8) is 0 Å². The minimum atomic E-state index is -0.430. The molecule has 1 aromatic carbocycles. The standard InChI is InChI=1S/C18H17N3O3/c22-17-8-7-15(21-17)18(23)20-9-1-2-11-24-14-6-5-13-4-3-10-19-16(13)12-14/h3-6,10,12,15H,7-9,11H2,(H,20,23)(H,21,22). The monoisotopic (exact) mass is 323 g/mol. The van der Waals surface area contributed by atoms with Crippen LogP contribution in [-0.2, 0) is 9.59 Å². The largest absolute Gasteiger partial charge is 0.481 e. The van der Waals surface area contributed by atoms with Crippen LogP contribution in [0.5, 0.6) is 5.75 Å². The zero-order valence-electron chi connectivity index (χ0n) is 13.0. The molecule has 3 rings (SSSR count). The topological polar surface area (TPSA) is 80.3 Å². The third-order valence-corrected chi connectivity index (χ3v) is 3.68. The normalized spacial score (nSPS) is 16.2. The van der Waals surface area contributed by atoms with E-state index in [2.05, 4.69) is 27.5 Å². The molecule has 6 nitrogen and oxygen atoms in total. The maximum absolute atomic E-state index is 11.7. The fourth-order valence-electron chi connectivity index (χ4n) is 2.43. The summed E-state index contributed by atoms with van der Waals surface area (Å²) in [6.07, 6.45) is 2.68. The van der Waals surface area contributed by atoms with Gasteiger partial charge in [0.2, 0.25) is 11.8 Å². The van der Waals surface area contributed by atoms with Crippen molar-refractivity contribution in [3.05, 3.63) is 36.5 Å². The van der Waals surface area contributed by atoms with Crippen LogP contribution in [0, 0.1) is 11.8 Å². The molecular formula is C18H17N3O3. The van der Waals surface area contributed by atoms with Crippen LogP contribution in [0.3, 0.4) is 0 Å². The van der Waals surface area contributed by atoms with Crippen molar-refractivity contribution in [2.75, 3.05) is 13.2 Å². The number of pyridine rings is 1. The summed E-state index contributed by atoms with van der Waals surface area (Å²) in [5.41, 5.74) is 0.869. The third kappa shape index (κ3) is 4.02. The Kier molecular flexibility index (Phi) is 4.92. The Morgan fingerprint density at radius 2 is 2.29 bits per heavy atom. The summed E-state index contributed by atoms with van der Waals surface area (Å²) >= 11 is 0. The Bertz CT molecular complexity index is 823. The van der Waals surface area contributed by atoms with Crippen LogP contribution in [0.2, 0.25) is 0 Å². The number of hydrogen-bond donors (Lipinski definition) is 2. The SMILES string of the molecule is O=C1CCC(C(=O)NCC#CCOc2ccc3cccnc3c2)N1. The molecule has 1 fully saturated rings. The molecule has 2 amide bonds. The number of benzene rings is 1. The molecule has 24 heavy (non-hydrogen) atoms. The summed E-state index contributed by atoms with van der Waals surface area (Å²) in [6.45, 7) is 0.461. The first-order valence-corrected chi connectivity index (χ1v) is 7.73. The van der Waals surface area contributed by atoms with Crippen molar-refractivity contribution in [2.24, 2.45) is 0 Å². The van der Waals surface area contributed by atoms with E-state index in [0.29, 0.717) is 18.6 Å². The summed E-state index contributed by atoms with van der Waals surface area (Å²) in [4.78, 5) is 27.1. The number of hydrogen-bond acceptors (Lipinski definition) is 4. The Morgan fingerprint density at radius 3 is 3.12 bits per heavy atom. The van der Waals surface area contributed by atoms with E-state index in [1.165, 1.54) is 0 Å². The van der Waals surface area contributed by atoms with Crippen molar-refractivity contribution < 1.29 is 14.3 Å². The number of amides is 2. The second-order valence-electron chi connectivity index (χ2n) is 5.38. The van der Waals surface area contributed by atoms with Crippen molar-refractivity contribution in [1.82, 2.24) is 15.6 Å². The first-order valence-electron chi connectivity index (χ1n) is 7.73. The number of aromatic nitrogens is 1. The molecule has 0 radical (unpaired) electrons. The number of carbonyl (C=O) groups excluding carboxylic acids is 2. The molecule has 1 aliphatic heterocycles. The minimum Gasteiger partial charge on any atom is -0.481 e. The Balaban J connectivity index is 1.42. The zero-order chi connectivity index (χ0) is 16.8. The molecular weight excluding hydrogens is 306 g/mol. The van der Waals surface area contributed by atoms with Gasteiger partial charge < -0.3 is 15.4 Å². The van der Waals surface area contributed by atoms with Crippen LogP contribution in [0.1, 0.15) is 12.8 Å². The Morgan fingerprint density at radius 1 is 1.38 bits per heavy atom. The molecule has 0 spiro atoms. The maximum Gasteiger partial charge on any atom is 0.243 e. The lowest BCUT2D eigenvalue weighted by molar-refractivity contribution is -0.125. The van der Waals surface area contributed by atoms with Gasteiger partial charge in [-0.3, -0.25) is 14.6 Å². The second kappa shape index (κ2) is 7.47. The summed E-state index contributed by atoms with van der Waals surface area (Å²) in [7, 11) is 0. The first-order chi connectivity index (χ1) is 11.7. The molecule has 0 saturated carbocycles. The minimum absolute atomic E-state index is 0.0838. The molecule has 1 unspecified atom stereocenters. The number of ether oxygens (including phenoxy) is 1. The van der Waals surface area contributed by atoms with Gasteiger partial charge in [0.25, 0.3) is 0 Å². The number of nitrogens with zero attached hydrogens (tertiary/aromatic N) is 1. The quantitative estimate of drug-likeness (QED) is 0.823. The highest BCUT2D eigenvalue weighted by atomic mass is 16.5. The molecule has 1 saturated heterocycles. The maximum atomic E-state index is 11.7. The Hall–Kier alpha value is -3.07. The zero-order valence-corrected chi connectivity index (χ0v) is 13.0. The summed E-state index contributed by atoms with van der Waals surface area (Å²) in [6, 6.07) is 9.13. The van der Waals surface area contributed by atoms with Gasteiger partial charge in [0.1, 0.15) is 18.4 Å². The van der Waals surface area contributed by atoms with Gasteiger partial charge in [-0.05, 0) is 24.6 Å². The fraction of sp³-hybridized carbons (Fsp3) is 0.278. The lowest BCUT2D eigenvalue weighted by Crippen LogP contribution is -2.41. The Labute approximate surface area is 139 Å². The van der Waals surface area contributed by atoms with E-state index in [1.54, 1.807) is 6.20 Å². The van der Waals surface area contributed by atoms with Gasteiger partial charge in [-0.15, -0.1) is 0 Å². The lowest BCUT2D eigenvalue weighted by Gasteiger charge is -2.08. The van der Waals surface area contributed by atoms with Crippen LogP contribution in [0.25, 0.3) is 10.9 Å². The highest BCUT2D eigenvalue weighted by Gasteiger charge is 2.26. The van der Waals surface area contributed by atoms with E-state index in [4.69, 9.17) is 4.74 Å². The number of nitrogens with one attached hydrogen (secondary N) is 2. The fourth-order valence-corrected chi connectivity index (χ4v) is 2.43. The highest BCUT2D eigenvalue weighted by Crippen LogP contribution is 2.18. The first kappa shape index (κ1) is 15.8. The molecule has 2 aromatic rings. The van der Waals surface area contributed by atoms with Crippen molar-refractivity contribution in [2.45, 2.75) is 18.9 Å². The van der Waals surface area contributed by atoms with Gasteiger partial charge in [0.15, 0.2) is 0 Å². The van der Waals surface area contributed by atoms with Crippen LogP contribution >= 0.6 is 0 Å². The number of fused-ring (bicyclic) bond motifs is 1. The van der Waals surface area contributed by atoms with Crippen molar-refractivity contribution >= 4 is 22.7 Å². The molecule has 122 valence electrons. The lowest BCUT2D eigenvalue weighted by atomic mass is 10.2. The third-order valence-electron chi connectivity index (χ3n) is 3.68. The molecule has 6 heteroatoms. The van der Waals surface area contributed by atoms with Gasteiger partial charge in [0.05, 0.1) is 12.1 Å². The van der Waals surface area contributed by atoms with Crippen LogP contribution in [0.4, 0.5) is 0 Å². The van der Waals surface area contributed by atoms with E-state index in [1.807, 2.05) is 30.3 Å². The van der Waals surface area contributed by atoms with Crippen molar-refractivity contribution in [1.29, 1.82) is 0 Å². The summed E-state index contributed by atoms with van der Waals surface area (Å²) in [5.74, 6) is 6.09. The molecule has 2 heterocycles. The molecule has 1 aliphatic rings. The smallest absolute Gasteiger partial charge is 0.243 e. The van der Waals surface area contributed by atoms with E-state index >= 15 is 0 Å². The van der Waals surface area contributed by atoms with E-state index in [-0.39, 0.29) is 25.0 Å². The van der Waals surface area contributed by atoms with E-state index in [0.717, 1.165) is 10.9 Å². The average Bonchev–Trinajstić information content (AvgIpc) is 3.04. The van der Waals surface area contributed by atoms with E-state index < -0.39 is 6.04 Å². The van der Waals surface area contributed by atoms with Gasteiger partial charge >= 0.3 is 0 Å². The molecule has 1 atom stereocenters. The number of carbonyl (C=O) groups is 2. The van der Waals surface area contributed by atoms with Crippen LogP contribution in [-0.4, -0.2) is 36.0 Å². The molecule has 2 N–H and O–H groups in total. The molecule has 1 aromatic heterocycles.